The molecule has 10 nitrogen and oxygen atoms in total. The van der Waals surface area contributed by atoms with Gasteiger partial charge in [0.05, 0.1) is 23.2 Å². The molecule has 4 amide bonds. The van der Waals surface area contributed by atoms with E-state index in [1.54, 1.807) is 12.2 Å². The highest BCUT2D eigenvalue weighted by Gasteiger charge is 2.60. The highest BCUT2D eigenvalue weighted by Crippen LogP contribution is 2.50. The normalized spacial score (nSPS) is 35.5. The lowest BCUT2D eigenvalue weighted by molar-refractivity contribution is -0.127. The monoisotopic (exact) mass is 485 g/mol. The van der Waals surface area contributed by atoms with Crippen LogP contribution in [0.15, 0.2) is 15.0 Å². The van der Waals surface area contributed by atoms with Crippen LogP contribution < -0.4 is 0 Å². The SMILES string of the molecule is CC(=O)N=C1C(=O)N([C@]2(C)C[C@H](N=C=O)CC(C)(C)C2)C(=O)N1[C@@]1(C)C[C@H](N=C=O)CC(C)(C)C1. The maximum absolute atomic E-state index is 14.1. The smallest absolute Gasteiger partial charge is 0.273 e. The summed E-state index contributed by atoms with van der Waals surface area (Å²) < 4.78 is 0. The molecule has 35 heavy (non-hydrogen) atoms. The quantitative estimate of drug-likeness (QED) is 0.342. The number of aliphatic imine (C=N–C) groups is 3. The fourth-order valence-electron chi connectivity index (χ4n) is 7.14. The minimum Gasteiger partial charge on any atom is -0.273 e. The number of urea groups is 1. The van der Waals surface area contributed by atoms with Crippen LogP contribution >= 0.6 is 0 Å². The van der Waals surface area contributed by atoms with Crippen LogP contribution in [0.5, 0.6) is 0 Å². The van der Waals surface area contributed by atoms with Gasteiger partial charge < -0.3 is 0 Å². The van der Waals surface area contributed by atoms with Crippen molar-refractivity contribution in [2.45, 2.75) is 110 Å². The summed E-state index contributed by atoms with van der Waals surface area (Å²) in [6.07, 6.45) is 6.17. The standard InChI is InChI=1S/C25H35N5O5/c1-16(33)28-19-20(34)30(25(7)11-18(27-15-32)9-23(4,5)13-25)21(35)29(19)24(6)10-17(26-14-31)8-22(2,3)12-24/h17-18H,8-13H2,1-7H3/t17-,18-,24+,25-/m1/s1. The van der Waals surface area contributed by atoms with E-state index in [0.29, 0.717) is 38.5 Å². The van der Waals surface area contributed by atoms with E-state index in [1.807, 2.05) is 41.5 Å². The topological polar surface area (TPSA) is 129 Å². The van der Waals surface area contributed by atoms with Crippen molar-refractivity contribution in [1.29, 1.82) is 0 Å². The van der Waals surface area contributed by atoms with E-state index in [9.17, 15) is 24.0 Å². The van der Waals surface area contributed by atoms with Gasteiger partial charge in [0.25, 0.3) is 5.91 Å². The summed E-state index contributed by atoms with van der Waals surface area (Å²) in [7, 11) is 0. The van der Waals surface area contributed by atoms with E-state index in [4.69, 9.17) is 0 Å². The zero-order valence-corrected chi connectivity index (χ0v) is 21.7. The number of hydrogen-bond acceptors (Lipinski definition) is 7. The van der Waals surface area contributed by atoms with E-state index in [1.165, 1.54) is 16.7 Å². The van der Waals surface area contributed by atoms with Gasteiger partial charge >= 0.3 is 6.03 Å². The van der Waals surface area contributed by atoms with Crippen molar-refractivity contribution in [1.82, 2.24) is 9.80 Å². The molecule has 3 rings (SSSR count). The zero-order chi connectivity index (χ0) is 26.4. The van der Waals surface area contributed by atoms with Crippen LogP contribution in [0.3, 0.4) is 0 Å². The number of amides is 4. The molecule has 0 aromatic heterocycles. The molecule has 0 aromatic rings. The van der Waals surface area contributed by atoms with Crippen molar-refractivity contribution in [2.75, 3.05) is 0 Å². The van der Waals surface area contributed by atoms with Crippen LogP contribution in [0, 0.1) is 10.8 Å². The number of amidine groups is 1. The van der Waals surface area contributed by atoms with Gasteiger partial charge in [0.2, 0.25) is 23.9 Å². The van der Waals surface area contributed by atoms with E-state index in [0.717, 1.165) is 0 Å². The Morgan fingerprint density at radius 1 is 0.800 bits per heavy atom. The van der Waals surface area contributed by atoms with E-state index in [-0.39, 0.29) is 28.7 Å². The fourth-order valence-corrected chi connectivity index (χ4v) is 7.14. The van der Waals surface area contributed by atoms with Crippen LogP contribution in [0.1, 0.15) is 87.0 Å². The molecule has 0 aromatic carbocycles. The van der Waals surface area contributed by atoms with Gasteiger partial charge in [-0.1, -0.05) is 27.7 Å². The third-order valence-electron chi connectivity index (χ3n) is 7.45. The van der Waals surface area contributed by atoms with Gasteiger partial charge in [0, 0.05) is 6.92 Å². The molecule has 0 spiro atoms. The average molecular weight is 486 g/mol. The molecule has 0 radical (unpaired) electrons. The molecule has 3 aliphatic rings. The molecule has 2 aliphatic carbocycles. The number of isocyanates is 2. The third kappa shape index (κ3) is 5.19. The molecule has 0 N–H and O–H groups in total. The summed E-state index contributed by atoms with van der Waals surface area (Å²) in [6.45, 7) is 13.0. The first kappa shape index (κ1) is 26.6. The van der Waals surface area contributed by atoms with Crippen LogP contribution in [0.2, 0.25) is 0 Å². The lowest BCUT2D eigenvalue weighted by Crippen LogP contribution is -2.59. The molecule has 190 valence electrons. The number of nitrogens with zero attached hydrogens (tertiary/aromatic N) is 5. The first-order chi connectivity index (χ1) is 16.1. The van der Waals surface area contributed by atoms with Gasteiger partial charge in [-0.15, -0.1) is 0 Å². The van der Waals surface area contributed by atoms with Crippen LogP contribution in [-0.4, -0.2) is 68.8 Å². The Kier molecular flexibility index (Phi) is 6.79. The second-order valence-corrected chi connectivity index (χ2v) is 12.5. The van der Waals surface area contributed by atoms with Crippen LogP contribution in [-0.2, 0) is 19.2 Å². The minimum absolute atomic E-state index is 0.212. The molecule has 2 saturated carbocycles. The molecule has 1 aliphatic heterocycles. The molecule has 0 unspecified atom stereocenters. The second-order valence-electron chi connectivity index (χ2n) is 12.5. The Hall–Kier alpha value is -2.96. The Morgan fingerprint density at radius 3 is 1.63 bits per heavy atom. The highest BCUT2D eigenvalue weighted by atomic mass is 16.2. The highest BCUT2D eigenvalue weighted by molar-refractivity contribution is 6.48. The lowest BCUT2D eigenvalue weighted by atomic mass is 9.66. The van der Waals surface area contributed by atoms with Crippen LogP contribution in [0.4, 0.5) is 4.79 Å². The van der Waals surface area contributed by atoms with E-state index < -0.39 is 28.9 Å². The van der Waals surface area contributed by atoms with Crippen molar-refractivity contribution in [2.24, 2.45) is 25.8 Å². The summed E-state index contributed by atoms with van der Waals surface area (Å²) in [5.41, 5.74) is -2.46. The number of carbonyl (C=O) groups is 3. The predicted octanol–water partition coefficient (Wildman–Crippen LogP) is 3.54. The van der Waals surface area contributed by atoms with Crippen molar-refractivity contribution < 1.29 is 24.0 Å². The Labute approximate surface area is 205 Å². The van der Waals surface area contributed by atoms with E-state index >= 15 is 0 Å². The molecule has 1 heterocycles. The molecule has 1 saturated heterocycles. The van der Waals surface area contributed by atoms with Crippen molar-refractivity contribution in [3.63, 3.8) is 0 Å². The molecule has 0 bridgehead atoms. The Bertz CT molecular complexity index is 1070. The molecule has 10 heteroatoms. The minimum atomic E-state index is -0.950. The fraction of sp³-hybridized carbons (Fsp3) is 0.760. The molecular weight excluding hydrogens is 450 g/mol. The number of imide groups is 1. The predicted molar refractivity (Wildman–Crippen MR) is 128 cm³/mol. The Balaban J connectivity index is 2.12. The van der Waals surface area contributed by atoms with Gasteiger partial charge in [-0.2, -0.15) is 4.99 Å². The van der Waals surface area contributed by atoms with Crippen molar-refractivity contribution in [3.8, 4) is 0 Å². The maximum atomic E-state index is 14.1. The van der Waals surface area contributed by atoms with Crippen LogP contribution in [0.25, 0.3) is 0 Å². The van der Waals surface area contributed by atoms with Gasteiger partial charge in [-0.25, -0.2) is 24.4 Å². The zero-order valence-electron chi connectivity index (χ0n) is 21.7. The van der Waals surface area contributed by atoms with Gasteiger partial charge in [0.1, 0.15) is 0 Å². The first-order valence-electron chi connectivity index (χ1n) is 12.0. The first-order valence-corrected chi connectivity index (χ1v) is 12.0. The van der Waals surface area contributed by atoms with Gasteiger partial charge in [-0.3, -0.25) is 19.4 Å². The summed E-state index contributed by atoms with van der Waals surface area (Å²) in [6, 6.07) is -1.33. The maximum Gasteiger partial charge on any atom is 0.333 e. The Morgan fingerprint density at radius 2 is 1.23 bits per heavy atom. The molecular formula is C25H35N5O5. The third-order valence-corrected chi connectivity index (χ3v) is 7.45. The summed E-state index contributed by atoms with van der Waals surface area (Å²) >= 11 is 0. The van der Waals surface area contributed by atoms with Crippen molar-refractivity contribution in [3.05, 3.63) is 0 Å². The summed E-state index contributed by atoms with van der Waals surface area (Å²) in [4.78, 5) is 76.4. The summed E-state index contributed by atoms with van der Waals surface area (Å²) in [5.74, 6) is -1.44. The van der Waals surface area contributed by atoms with E-state index in [2.05, 4.69) is 15.0 Å². The number of hydrogen-bond donors (Lipinski definition) is 0. The van der Waals surface area contributed by atoms with Gasteiger partial charge in [0.15, 0.2) is 0 Å². The second kappa shape index (κ2) is 8.92. The average Bonchev–Trinajstić information content (AvgIpc) is 2.89. The lowest BCUT2D eigenvalue weighted by Gasteiger charge is -2.50. The van der Waals surface area contributed by atoms with Gasteiger partial charge in [-0.05, 0) is 63.2 Å². The molecule has 4 atom stereocenters. The van der Waals surface area contributed by atoms with Crippen molar-refractivity contribution >= 4 is 35.8 Å². The molecule has 3 fully saturated rings. The summed E-state index contributed by atoms with van der Waals surface area (Å²) in [5, 5.41) is 0. The number of carbonyl (C=O) groups excluding carboxylic acids is 5. The number of rotatable bonds is 4. The largest absolute Gasteiger partial charge is 0.333 e.